The van der Waals surface area contributed by atoms with Crippen molar-refractivity contribution >= 4 is 16.8 Å². The normalized spacial score (nSPS) is 11.0. The van der Waals surface area contributed by atoms with Gasteiger partial charge in [0.2, 0.25) is 5.43 Å². The van der Waals surface area contributed by atoms with E-state index >= 15 is 4.39 Å². The van der Waals surface area contributed by atoms with Gasteiger partial charge in [-0.15, -0.1) is 0 Å². The number of aryl methyl sites for hydroxylation is 2. The van der Waals surface area contributed by atoms with Crippen molar-refractivity contribution in [2.75, 3.05) is 7.11 Å². The van der Waals surface area contributed by atoms with Crippen LogP contribution >= 0.6 is 0 Å². The highest BCUT2D eigenvalue weighted by molar-refractivity contribution is 5.99. The first-order valence-corrected chi connectivity index (χ1v) is 12.6. The summed E-state index contributed by atoms with van der Waals surface area (Å²) in [6.07, 6.45) is 3.26. The van der Waals surface area contributed by atoms with Gasteiger partial charge in [-0.2, -0.15) is 0 Å². The largest absolute Gasteiger partial charge is 0.495 e. The van der Waals surface area contributed by atoms with E-state index in [1.54, 1.807) is 25.1 Å². The van der Waals surface area contributed by atoms with Crippen LogP contribution in [0.2, 0.25) is 0 Å². The van der Waals surface area contributed by atoms with E-state index in [4.69, 9.17) is 9.47 Å². The number of fused-ring (bicyclic) bond motifs is 1. The molecule has 0 fully saturated rings. The SMILES string of the molecule is CCc1[nH]c(C)c(-c2ccc(F)cc2)c(=O)c1C(=O)Cc1ccc(Oc2ccnc3cc(OC)cnc23)c(F)c1. The highest BCUT2D eigenvalue weighted by Crippen LogP contribution is 2.31. The predicted octanol–water partition coefficient (Wildman–Crippen LogP) is 6.36. The third-order valence-electron chi connectivity index (χ3n) is 6.57. The summed E-state index contributed by atoms with van der Waals surface area (Å²) >= 11 is 0. The molecule has 5 aromatic rings. The number of Topliss-reactive ketones (excluding diaryl/α,β-unsaturated/α-hetero) is 1. The Labute approximate surface area is 228 Å². The number of aromatic nitrogens is 3. The van der Waals surface area contributed by atoms with Crippen LogP contribution in [0, 0.1) is 18.6 Å². The summed E-state index contributed by atoms with van der Waals surface area (Å²) in [4.78, 5) is 38.6. The zero-order chi connectivity index (χ0) is 28.4. The molecule has 0 aliphatic rings. The second-order valence-electron chi connectivity index (χ2n) is 9.19. The van der Waals surface area contributed by atoms with Crippen molar-refractivity contribution in [2.24, 2.45) is 0 Å². The molecule has 0 bridgehead atoms. The van der Waals surface area contributed by atoms with E-state index in [0.29, 0.717) is 57.0 Å². The summed E-state index contributed by atoms with van der Waals surface area (Å²) in [6.45, 7) is 3.57. The maximum Gasteiger partial charge on any atom is 0.200 e. The Morgan fingerprint density at radius 3 is 2.48 bits per heavy atom. The first kappa shape index (κ1) is 26.7. The lowest BCUT2D eigenvalue weighted by atomic mass is 9.94. The van der Waals surface area contributed by atoms with Gasteiger partial charge in [0.05, 0.1) is 24.4 Å². The number of halogens is 2. The van der Waals surface area contributed by atoms with Crippen LogP contribution < -0.4 is 14.9 Å². The van der Waals surface area contributed by atoms with Gasteiger partial charge in [-0.3, -0.25) is 14.6 Å². The Bertz CT molecular complexity index is 1800. The maximum absolute atomic E-state index is 15.1. The first-order valence-electron chi connectivity index (χ1n) is 12.6. The van der Waals surface area contributed by atoms with Gasteiger partial charge < -0.3 is 14.5 Å². The molecule has 9 heteroatoms. The Morgan fingerprint density at radius 1 is 1.00 bits per heavy atom. The van der Waals surface area contributed by atoms with Crippen LogP contribution in [0.4, 0.5) is 8.78 Å². The van der Waals surface area contributed by atoms with Crippen LogP contribution in [0.25, 0.3) is 22.2 Å². The quantitative estimate of drug-likeness (QED) is 0.230. The van der Waals surface area contributed by atoms with E-state index in [1.165, 1.54) is 55.9 Å². The fraction of sp³-hybridized carbons (Fsp3) is 0.161. The average molecular weight is 542 g/mol. The molecule has 5 rings (SSSR count). The first-order chi connectivity index (χ1) is 19.3. The Hall–Kier alpha value is -4.92. The zero-order valence-electron chi connectivity index (χ0n) is 22.0. The molecule has 1 N–H and O–H groups in total. The molecule has 0 saturated heterocycles. The lowest BCUT2D eigenvalue weighted by Gasteiger charge is -2.14. The number of pyridine rings is 3. The minimum absolute atomic E-state index is 0.0120. The molecule has 0 spiro atoms. The predicted molar refractivity (Wildman–Crippen MR) is 147 cm³/mol. The number of H-pyrrole nitrogens is 1. The second kappa shape index (κ2) is 11.1. The van der Waals surface area contributed by atoms with Crippen molar-refractivity contribution in [1.82, 2.24) is 15.0 Å². The molecule has 202 valence electrons. The molecule has 0 unspecified atom stereocenters. The third-order valence-corrected chi connectivity index (χ3v) is 6.57. The van der Waals surface area contributed by atoms with Crippen LogP contribution in [0.5, 0.6) is 17.2 Å². The van der Waals surface area contributed by atoms with E-state index in [0.717, 1.165) is 0 Å². The average Bonchev–Trinajstić information content (AvgIpc) is 2.94. The number of hydrogen-bond donors (Lipinski definition) is 1. The minimum atomic E-state index is -0.677. The van der Waals surface area contributed by atoms with E-state index in [2.05, 4.69) is 15.0 Å². The number of ether oxygens (including phenoxy) is 2. The zero-order valence-corrected chi connectivity index (χ0v) is 22.0. The van der Waals surface area contributed by atoms with Crippen LogP contribution in [-0.4, -0.2) is 27.8 Å². The molecule has 0 radical (unpaired) electrons. The van der Waals surface area contributed by atoms with Gasteiger partial charge in [0.15, 0.2) is 23.1 Å². The van der Waals surface area contributed by atoms with Gasteiger partial charge in [-0.25, -0.2) is 13.8 Å². The molecular formula is C31H25F2N3O4. The fourth-order valence-corrected chi connectivity index (χ4v) is 4.62. The molecule has 0 amide bonds. The summed E-state index contributed by atoms with van der Waals surface area (Å²) < 4.78 is 39.5. The lowest BCUT2D eigenvalue weighted by molar-refractivity contribution is 0.0990. The van der Waals surface area contributed by atoms with Gasteiger partial charge in [0.25, 0.3) is 0 Å². The number of nitrogens with zero attached hydrogens (tertiary/aromatic N) is 2. The van der Waals surface area contributed by atoms with Crippen molar-refractivity contribution in [3.8, 4) is 28.4 Å². The number of aromatic amines is 1. The van der Waals surface area contributed by atoms with Crippen molar-refractivity contribution in [3.05, 3.63) is 111 Å². The van der Waals surface area contributed by atoms with Gasteiger partial charge in [-0.05, 0) is 48.7 Å². The van der Waals surface area contributed by atoms with E-state index in [9.17, 15) is 14.0 Å². The number of rotatable bonds is 8. The number of benzene rings is 2. The number of carbonyl (C=O) groups is 1. The molecule has 40 heavy (non-hydrogen) atoms. The van der Waals surface area contributed by atoms with Gasteiger partial charge >= 0.3 is 0 Å². The standard InChI is InChI=1S/C31H25F2N3O4/c1-4-23-29(31(38)28(17(2)36-23)19-6-8-20(32)9-7-19)25(37)14-18-5-10-26(22(33)13-18)40-27-11-12-34-24-15-21(39-3)16-35-30(24)27/h5-13,15-16H,4,14H2,1-3H3,(H,36,38). The number of nitrogens with one attached hydrogen (secondary N) is 1. The molecule has 0 aliphatic heterocycles. The fourth-order valence-electron chi connectivity index (χ4n) is 4.62. The molecule has 0 atom stereocenters. The van der Waals surface area contributed by atoms with Crippen LogP contribution in [0.15, 0.2) is 71.8 Å². The molecule has 0 aliphatic carbocycles. The Kier molecular flexibility index (Phi) is 7.37. The summed E-state index contributed by atoms with van der Waals surface area (Å²) in [5.41, 5.74) is 2.77. The summed E-state index contributed by atoms with van der Waals surface area (Å²) in [7, 11) is 1.52. The van der Waals surface area contributed by atoms with Crippen molar-refractivity contribution in [3.63, 3.8) is 0 Å². The number of carbonyl (C=O) groups excluding carboxylic acids is 1. The second-order valence-corrected chi connectivity index (χ2v) is 9.19. The summed E-state index contributed by atoms with van der Waals surface area (Å²) in [5, 5.41) is 0. The van der Waals surface area contributed by atoms with E-state index in [1.807, 2.05) is 6.92 Å². The van der Waals surface area contributed by atoms with Gasteiger partial charge in [-0.1, -0.05) is 25.1 Å². The van der Waals surface area contributed by atoms with Crippen LogP contribution in [-0.2, 0) is 12.8 Å². The van der Waals surface area contributed by atoms with Crippen molar-refractivity contribution in [1.29, 1.82) is 0 Å². The smallest absolute Gasteiger partial charge is 0.200 e. The molecule has 7 nitrogen and oxygen atoms in total. The van der Waals surface area contributed by atoms with Crippen molar-refractivity contribution in [2.45, 2.75) is 26.7 Å². The van der Waals surface area contributed by atoms with Gasteiger partial charge in [0.1, 0.15) is 17.1 Å². The molecular weight excluding hydrogens is 516 g/mol. The van der Waals surface area contributed by atoms with E-state index < -0.39 is 22.8 Å². The molecule has 2 aromatic carbocycles. The van der Waals surface area contributed by atoms with Crippen molar-refractivity contribution < 1.29 is 23.0 Å². The number of ketones is 1. The highest BCUT2D eigenvalue weighted by Gasteiger charge is 2.22. The van der Waals surface area contributed by atoms with Crippen LogP contribution in [0.1, 0.15) is 34.2 Å². The number of hydrogen-bond acceptors (Lipinski definition) is 6. The highest BCUT2D eigenvalue weighted by atomic mass is 19.1. The Balaban J connectivity index is 1.43. The number of methoxy groups -OCH3 is 1. The maximum atomic E-state index is 15.1. The summed E-state index contributed by atoms with van der Waals surface area (Å²) in [5.74, 6) is -0.773. The molecule has 3 aromatic heterocycles. The summed E-state index contributed by atoms with van der Waals surface area (Å²) in [6, 6.07) is 13.0. The van der Waals surface area contributed by atoms with E-state index in [-0.39, 0.29) is 17.7 Å². The topological polar surface area (TPSA) is 94.2 Å². The van der Waals surface area contributed by atoms with Gasteiger partial charge in [0, 0.05) is 41.7 Å². The molecule has 0 saturated carbocycles. The Morgan fingerprint density at radius 2 is 1.77 bits per heavy atom. The lowest BCUT2D eigenvalue weighted by Crippen LogP contribution is -2.23. The monoisotopic (exact) mass is 541 g/mol. The third kappa shape index (κ3) is 5.18. The molecule has 3 heterocycles. The van der Waals surface area contributed by atoms with Crippen LogP contribution in [0.3, 0.4) is 0 Å². The minimum Gasteiger partial charge on any atom is -0.495 e.